The molecule has 9 heteroatoms. The molecule has 2 atom stereocenters. The summed E-state index contributed by atoms with van der Waals surface area (Å²) in [6.45, 7) is 4.25. The van der Waals surface area contributed by atoms with E-state index in [9.17, 15) is 4.79 Å². The van der Waals surface area contributed by atoms with Crippen molar-refractivity contribution < 1.29 is 14.3 Å². The Morgan fingerprint density at radius 3 is 2.76 bits per heavy atom. The zero-order chi connectivity index (χ0) is 23.7. The number of methoxy groups -OCH3 is 1. The molecule has 2 aromatic carbocycles. The summed E-state index contributed by atoms with van der Waals surface area (Å²) < 4.78 is 10.8. The fraction of sp³-hybridized carbons (Fsp3) is 0.280. The van der Waals surface area contributed by atoms with Crippen molar-refractivity contribution in [1.29, 1.82) is 0 Å². The van der Waals surface area contributed by atoms with Gasteiger partial charge in [-0.2, -0.15) is 5.10 Å². The van der Waals surface area contributed by atoms with Gasteiger partial charge in [-0.3, -0.25) is 9.89 Å². The van der Waals surface area contributed by atoms with E-state index in [0.29, 0.717) is 29.8 Å². The van der Waals surface area contributed by atoms with Crippen LogP contribution in [0.3, 0.4) is 0 Å². The number of anilines is 3. The number of nitrogens with zero attached hydrogens (tertiary/aromatic N) is 3. The molecule has 1 aliphatic rings. The van der Waals surface area contributed by atoms with Gasteiger partial charge in [0.1, 0.15) is 11.6 Å². The van der Waals surface area contributed by atoms with Crippen LogP contribution in [0.25, 0.3) is 10.9 Å². The molecule has 1 amide bonds. The van der Waals surface area contributed by atoms with Crippen LogP contribution in [0.15, 0.2) is 48.7 Å². The van der Waals surface area contributed by atoms with Crippen molar-refractivity contribution in [1.82, 2.24) is 20.2 Å². The van der Waals surface area contributed by atoms with Gasteiger partial charge < -0.3 is 20.1 Å². The van der Waals surface area contributed by atoms with E-state index in [1.807, 2.05) is 44.2 Å². The zero-order valence-corrected chi connectivity index (χ0v) is 19.3. The molecule has 34 heavy (non-hydrogen) atoms. The van der Waals surface area contributed by atoms with Gasteiger partial charge in [0.15, 0.2) is 17.4 Å². The molecule has 1 fully saturated rings. The molecule has 1 unspecified atom stereocenters. The lowest BCUT2D eigenvalue weighted by Crippen LogP contribution is -2.14. The first kappa shape index (κ1) is 21.7. The van der Waals surface area contributed by atoms with E-state index in [1.54, 1.807) is 13.3 Å². The fourth-order valence-electron chi connectivity index (χ4n) is 4.05. The van der Waals surface area contributed by atoms with Crippen LogP contribution in [-0.4, -0.2) is 39.8 Å². The van der Waals surface area contributed by atoms with Crippen molar-refractivity contribution in [2.75, 3.05) is 24.4 Å². The van der Waals surface area contributed by atoms with E-state index >= 15 is 0 Å². The largest absolute Gasteiger partial charge is 0.497 e. The summed E-state index contributed by atoms with van der Waals surface area (Å²) in [5.74, 6) is 3.38. The van der Waals surface area contributed by atoms with Gasteiger partial charge in [0.25, 0.3) is 0 Å². The van der Waals surface area contributed by atoms with Crippen LogP contribution in [0.2, 0.25) is 0 Å². The molecule has 9 nitrogen and oxygen atoms in total. The van der Waals surface area contributed by atoms with E-state index in [-0.39, 0.29) is 17.7 Å². The first-order chi connectivity index (χ1) is 16.6. The number of hydrogen-bond acceptors (Lipinski definition) is 7. The number of rotatable bonds is 8. The lowest BCUT2D eigenvalue weighted by atomic mass is 10.1. The highest BCUT2D eigenvalue weighted by Gasteiger charge is 2.44. The summed E-state index contributed by atoms with van der Waals surface area (Å²) in [5.41, 5.74) is 2.78. The quantitative estimate of drug-likeness (QED) is 0.355. The second-order valence-electron chi connectivity index (χ2n) is 8.23. The number of aromatic amines is 1. The van der Waals surface area contributed by atoms with Gasteiger partial charge >= 0.3 is 0 Å². The van der Waals surface area contributed by atoms with Crippen LogP contribution in [0.4, 0.5) is 17.3 Å². The lowest BCUT2D eigenvalue weighted by Gasteiger charge is -2.10. The average molecular weight is 459 g/mol. The molecular formula is C25H26N6O3. The number of aromatic nitrogens is 4. The number of carbonyl (C=O) groups is 1. The minimum atomic E-state index is -0.0437. The molecule has 3 N–H and O–H groups in total. The smallest absolute Gasteiger partial charge is 0.228 e. The summed E-state index contributed by atoms with van der Waals surface area (Å²) >= 11 is 0. The Labute approximate surface area is 196 Å². The minimum Gasteiger partial charge on any atom is -0.497 e. The summed E-state index contributed by atoms with van der Waals surface area (Å²) in [4.78, 5) is 21.4. The van der Waals surface area contributed by atoms with E-state index in [0.717, 1.165) is 34.3 Å². The number of carbonyl (C=O) groups excluding carboxylic acids is 1. The molecule has 174 valence electrons. The van der Waals surface area contributed by atoms with E-state index in [2.05, 4.69) is 42.9 Å². The molecule has 1 saturated carbocycles. The van der Waals surface area contributed by atoms with Gasteiger partial charge in [0.05, 0.1) is 25.4 Å². The van der Waals surface area contributed by atoms with Crippen LogP contribution in [-0.2, 0) is 4.79 Å². The minimum absolute atomic E-state index is 0.0322. The summed E-state index contributed by atoms with van der Waals surface area (Å²) in [6.07, 6.45) is 2.48. The average Bonchev–Trinajstić information content (AvgIpc) is 3.56. The van der Waals surface area contributed by atoms with Crippen LogP contribution >= 0.6 is 0 Å². The number of amides is 1. The number of nitrogens with one attached hydrogen (secondary N) is 3. The van der Waals surface area contributed by atoms with E-state index in [4.69, 9.17) is 9.47 Å². The third-order valence-electron chi connectivity index (χ3n) is 5.91. The SMILES string of the molecule is CCOc1cnc(C)nc1Nc1n[nH]c2cc([C@@H]3CC3C(=O)Nc3ccc(OC)cc3)ccc12. The van der Waals surface area contributed by atoms with Crippen LogP contribution < -0.4 is 20.1 Å². The molecule has 1 aliphatic carbocycles. The van der Waals surface area contributed by atoms with Crippen LogP contribution in [0.1, 0.15) is 30.7 Å². The standard InChI is InChI=1S/C25H26N6O3/c1-4-34-22-13-26-14(2)27-24(22)29-23-18-10-5-15(11-21(18)30-31-23)19-12-20(19)25(32)28-16-6-8-17(33-3)9-7-16/h5-11,13,19-20H,4,12H2,1-3H3,(H,28,32)(H2,26,27,29,30,31)/t19-,20?/m0/s1. The highest BCUT2D eigenvalue weighted by atomic mass is 16.5. The molecule has 0 radical (unpaired) electrons. The van der Waals surface area contributed by atoms with E-state index in [1.165, 1.54) is 0 Å². The van der Waals surface area contributed by atoms with Crippen molar-refractivity contribution in [2.24, 2.45) is 5.92 Å². The fourth-order valence-corrected chi connectivity index (χ4v) is 4.05. The normalized spacial score (nSPS) is 16.8. The number of aryl methyl sites for hydroxylation is 1. The van der Waals surface area contributed by atoms with Crippen molar-refractivity contribution in [3.63, 3.8) is 0 Å². The molecule has 0 spiro atoms. The number of hydrogen-bond donors (Lipinski definition) is 3. The van der Waals surface area contributed by atoms with Crippen LogP contribution in [0, 0.1) is 12.8 Å². The van der Waals surface area contributed by atoms with Gasteiger partial charge in [0.2, 0.25) is 5.91 Å². The molecular weight excluding hydrogens is 432 g/mol. The zero-order valence-electron chi connectivity index (χ0n) is 19.3. The Morgan fingerprint density at radius 1 is 1.18 bits per heavy atom. The van der Waals surface area contributed by atoms with Crippen molar-refractivity contribution >= 4 is 34.1 Å². The molecule has 0 bridgehead atoms. The van der Waals surface area contributed by atoms with Gasteiger partial charge in [-0.25, -0.2) is 9.97 Å². The Bertz CT molecular complexity index is 1330. The number of benzene rings is 2. The molecule has 0 saturated heterocycles. The first-order valence-electron chi connectivity index (χ1n) is 11.2. The molecule has 2 heterocycles. The monoisotopic (exact) mass is 458 g/mol. The molecule has 2 aromatic heterocycles. The van der Waals surface area contributed by atoms with Crippen molar-refractivity contribution in [2.45, 2.75) is 26.2 Å². The maximum absolute atomic E-state index is 12.7. The third-order valence-corrected chi connectivity index (χ3v) is 5.91. The Morgan fingerprint density at radius 2 is 2.00 bits per heavy atom. The molecule has 5 rings (SSSR count). The van der Waals surface area contributed by atoms with E-state index < -0.39 is 0 Å². The van der Waals surface area contributed by atoms with Gasteiger partial charge in [0, 0.05) is 17.0 Å². The maximum atomic E-state index is 12.7. The summed E-state index contributed by atoms with van der Waals surface area (Å²) in [6, 6.07) is 13.5. The lowest BCUT2D eigenvalue weighted by molar-refractivity contribution is -0.117. The van der Waals surface area contributed by atoms with Gasteiger partial charge in [-0.1, -0.05) is 6.07 Å². The highest BCUT2D eigenvalue weighted by molar-refractivity contribution is 5.96. The third kappa shape index (κ3) is 4.36. The second-order valence-corrected chi connectivity index (χ2v) is 8.23. The Kier molecular flexibility index (Phi) is 5.75. The molecule has 4 aromatic rings. The number of H-pyrrole nitrogens is 1. The predicted octanol–water partition coefficient (Wildman–Crippen LogP) is 4.55. The molecule has 0 aliphatic heterocycles. The topological polar surface area (TPSA) is 114 Å². The summed E-state index contributed by atoms with van der Waals surface area (Å²) in [5, 5.41) is 14.7. The number of ether oxygens (including phenoxy) is 2. The van der Waals surface area contributed by atoms with Crippen LogP contribution in [0.5, 0.6) is 11.5 Å². The van der Waals surface area contributed by atoms with Gasteiger partial charge in [-0.15, -0.1) is 0 Å². The van der Waals surface area contributed by atoms with Crippen molar-refractivity contribution in [3.8, 4) is 11.5 Å². The van der Waals surface area contributed by atoms with Gasteiger partial charge in [-0.05, 0) is 68.1 Å². The second kappa shape index (κ2) is 9.01. The Hall–Kier alpha value is -4.14. The number of fused-ring (bicyclic) bond motifs is 1. The first-order valence-corrected chi connectivity index (χ1v) is 11.2. The Balaban J connectivity index is 1.29. The predicted molar refractivity (Wildman–Crippen MR) is 130 cm³/mol. The summed E-state index contributed by atoms with van der Waals surface area (Å²) in [7, 11) is 1.62. The maximum Gasteiger partial charge on any atom is 0.228 e. The highest BCUT2D eigenvalue weighted by Crippen LogP contribution is 2.48. The van der Waals surface area contributed by atoms with Crippen molar-refractivity contribution in [3.05, 3.63) is 60.0 Å².